The van der Waals surface area contributed by atoms with Gasteiger partial charge in [-0.25, -0.2) is 0 Å². The Kier molecular flexibility index (Phi) is 6.74. The Morgan fingerprint density at radius 1 is 1.44 bits per heavy atom. The van der Waals surface area contributed by atoms with Crippen molar-refractivity contribution in [3.05, 3.63) is 12.7 Å². The maximum Gasteiger partial charge on any atom is 0.0220 e. The molecule has 16 heavy (non-hydrogen) atoms. The smallest absolute Gasteiger partial charge is 0.0220 e. The molecule has 1 fully saturated rings. The highest BCUT2D eigenvalue weighted by atomic mass is 15.2. The van der Waals surface area contributed by atoms with Crippen molar-refractivity contribution in [1.82, 2.24) is 10.2 Å². The first-order chi connectivity index (χ1) is 7.74. The van der Waals surface area contributed by atoms with E-state index in [9.17, 15) is 0 Å². The lowest BCUT2D eigenvalue weighted by atomic mass is 10.0. The molecule has 1 N–H and O–H groups in total. The summed E-state index contributed by atoms with van der Waals surface area (Å²) in [5, 5.41) is 3.57. The zero-order valence-corrected chi connectivity index (χ0v) is 11.0. The summed E-state index contributed by atoms with van der Waals surface area (Å²) >= 11 is 0. The van der Waals surface area contributed by atoms with Crippen molar-refractivity contribution in [2.75, 3.05) is 19.6 Å². The molecule has 0 aliphatic carbocycles. The largest absolute Gasteiger partial charge is 0.313 e. The lowest BCUT2D eigenvalue weighted by Crippen LogP contribution is -2.47. The number of hydrogen-bond donors (Lipinski definition) is 1. The van der Waals surface area contributed by atoms with E-state index in [0.29, 0.717) is 6.04 Å². The lowest BCUT2D eigenvalue weighted by Gasteiger charge is -2.36. The molecule has 2 heteroatoms. The summed E-state index contributed by atoms with van der Waals surface area (Å²) in [6.07, 6.45) is 8.61. The van der Waals surface area contributed by atoms with Crippen LogP contribution < -0.4 is 5.32 Å². The summed E-state index contributed by atoms with van der Waals surface area (Å²) in [7, 11) is 0. The third kappa shape index (κ3) is 5.13. The van der Waals surface area contributed by atoms with Gasteiger partial charge in [-0.3, -0.25) is 4.90 Å². The highest BCUT2D eigenvalue weighted by Crippen LogP contribution is 2.17. The second kappa shape index (κ2) is 7.86. The van der Waals surface area contributed by atoms with Crippen molar-refractivity contribution in [2.45, 2.75) is 58.0 Å². The number of unbranched alkanes of at least 4 members (excludes halogenated alkanes) is 1. The number of nitrogens with one attached hydrogen (secondary N) is 1. The number of likely N-dealkylation sites (tertiary alicyclic amines) is 1. The molecule has 1 heterocycles. The van der Waals surface area contributed by atoms with Crippen LogP contribution in [0.1, 0.15) is 46.0 Å². The highest BCUT2D eigenvalue weighted by Gasteiger charge is 2.21. The first kappa shape index (κ1) is 13.7. The summed E-state index contributed by atoms with van der Waals surface area (Å²) in [4.78, 5) is 2.67. The van der Waals surface area contributed by atoms with Crippen LogP contribution in [0.25, 0.3) is 0 Å². The molecule has 1 rings (SSSR count). The van der Waals surface area contributed by atoms with Crippen molar-refractivity contribution in [1.29, 1.82) is 0 Å². The predicted octanol–water partition coefficient (Wildman–Crippen LogP) is 2.81. The molecule has 1 aliphatic heterocycles. The summed E-state index contributed by atoms with van der Waals surface area (Å²) in [5.41, 5.74) is 0. The van der Waals surface area contributed by atoms with Crippen LogP contribution >= 0.6 is 0 Å². The van der Waals surface area contributed by atoms with Gasteiger partial charge in [0, 0.05) is 18.6 Å². The summed E-state index contributed by atoms with van der Waals surface area (Å²) < 4.78 is 0. The van der Waals surface area contributed by atoms with Crippen LogP contribution in [-0.4, -0.2) is 36.6 Å². The minimum Gasteiger partial charge on any atom is -0.313 e. The van der Waals surface area contributed by atoms with E-state index in [1.807, 2.05) is 6.08 Å². The highest BCUT2D eigenvalue weighted by molar-refractivity contribution is 4.80. The van der Waals surface area contributed by atoms with Gasteiger partial charge in [0.25, 0.3) is 0 Å². The molecular formula is C14H28N2. The molecule has 0 aromatic carbocycles. The maximum atomic E-state index is 3.79. The first-order valence-corrected chi connectivity index (χ1v) is 6.82. The maximum absolute atomic E-state index is 3.79. The van der Waals surface area contributed by atoms with E-state index in [4.69, 9.17) is 0 Å². The van der Waals surface area contributed by atoms with Crippen molar-refractivity contribution in [2.24, 2.45) is 0 Å². The topological polar surface area (TPSA) is 15.3 Å². The van der Waals surface area contributed by atoms with Gasteiger partial charge in [0.05, 0.1) is 0 Å². The molecule has 94 valence electrons. The third-order valence-electron chi connectivity index (χ3n) is 3.36. The average molecular weight is 224 g/mol. The molecule has 2 nitrogen and oxygen atoms in total. The molecule has 0 spiro atoms. The van der Waals surface area contributed by atoms with Crippen LogP contribution in [-0.2, 0) is 0 Å². The van der Waals surface area contributed by atoms with Gasteiger partial charge in [0.1, 0.15) is 0 Å². The Morgan fingerprint density at radius 2 is 2.25 bits per heavy atom. The van der Waals surface area contributed by atoms with Gasteiger partial charge < -0.3 is 5.32 Å². The van der Waals surface area contributed by atoms with Crippen LogP contribution in [0.3, 0.4) is 0 Å². The van der Waals surface area contributed by atoms with E-state index in [-0.39, 0.29) is 0 Å². The Balaban J connectivity index is 2.28. The van der Waals surface area contributed by atoms with Gasteiger partial charge in [-0.05, 0) is 38.8 Å². The number of piperidine rings is 1. The average Bonchev–Trinajstić information content (AvgIpc) is 2.28. The van der Waals surface area contributed by atoms with E-state index in [0.717, 1.165) is 19.0 Å². The molecule has 1 atom stereocenters. The van der Waals surface area contributed by atoms with E-state index in [1.54, 1.807) is 0 Å². The Hall–Kier alpha value is -0.340. The van der Waals surface area contributed by atoms with Crippen LogP contribution in [0.5, 0.6) is 0 Å². The van der Waals surface area contributed by atoms with Crippen LogP contribution in [0.2, 0.25) is 0 Å². The van der Waals surface area contributed by atoms with Gasteiger partial charge in [0.2, 0.25) is 0 Å². The normalized spacial score (nSPS) is 22.6. The zero-order valence-electron chi connectivity index (χ0n) is 11.0. The number of nitrogens with zero attached hydrogens (tertiary/aromatic N) is 1. The van der Waals surface area contributed by atoms with Gasteiger partial charge >= 0.3 is 0 Å². The molecule has 1 saturated heterocycles. The standard InChI is InChI=1S/C14H28N2/c1-4-5-7-10-16-11-8-6-9-14(16)12-15-13(2)3/h4,13-15H,1,5-12H2,2-3H3. The Labute approximate surface area is 101 Å². The van der Waals surface area contributed by atoms with Crippen LogP contribution in [0.15, 0.2) is 12.7 Å². The van der Waals surface area contributed by atoms with E-state index < -0.39 is 0 Å². The van der Waals surface area contributed by atoms with Crippen LogP contribution in [0.4, 0.5) is 0 Å². The molecule has 1 aliphatic rings. The monoisotopic (exact) mass is 224 g/mol. The SMILES string of the molecule is C=CCCCN1CCCCC1CNC(C)C. The van der Waals surface area contributed by atoms with E-state index in [1.165, 1.54) is 38.8 Å². The molecule has 0 amide bonds. The number of hydrogen-bond acceptors (Lipinski definition) is 2. The Morgan fingerprint density at radius 3 is 2.94 bits per heavy atom. The molecule has 0 aromatic rings. The first-order valence-electron chi connectivity index (χ1n) is 6.82. The fourth-order valence-corrected chi connectivity index (χ4v) is 2.40. The second-order valence-corrected chi connectivity index (χ2v) is 5.18. The minimum atomic E-state index is 0.608. The van der Waals surface area contributed by atoms with Crippen molar-refractivity contribution < 1.29 is 0 Å². The number of allylic oxidation sites excluding steroid dienone is 1. The van der Waals surface area contributed by atoms with Gasteiger partial charge in [0.15, 0.2) is 0 Å². The molecule has 0 radical (unpaired) electrons. The van der Waals surface area contributed by atoms with Crippen LogP contribution in [0, 0.1) is 0 Å². The molecule has 0 bridgehead atoms. The fourth-order valence-electron chi connectivity index (χ4n) is 2.40. The molecule has 0 saturated carbocycles. The van der Waals surface area contributed by atoms with E-state index >= 15 is 0 Å². The molecular weight excluding hydrogens is 196 g/mol. The minimum absolute atomic E-state index is 0.608. The van der Waals surface area contributed by atoms with Crippen molar-refractivity contribution in [3.8, 4) is 0 Å². The van der Waals surface area contributed by atoms with Crippen molar-refractivity contribution in [3.63, 3.8) is 0 Å². The predicted molar refractivity (Wildman–Crippen MR) is 71.8 cm³/mol. The number of rotatable bonds is 7. The van der Waals surface area contributed by atoms with Gasteiger partial charge in [-0.1, -0.05) is 26.3 Å². The van der Waals surface area contributed by atoms with E-state index in [2.05, 4.69) is 30.6 Å². The molecule has 1 unspecified atom stereocenters. The van der Waals surface area contributed by atoms with Gasteiger partial charge in [-0.15, -0.1) is 6.58 Å². The summed E-state index contributed by atoms with van der Waals surface area (Å²) in [5.74, 6) is 0. The fraction of sp³-hybridized carbons (Fsp3) is 0.857. The summed E-state index contributed by atoms with van der Waals surface area (Å²) in [6.45, 7) is 11.9. The quantitative estimate of drug-likeness (QED) is 0.528. The van der Waals surface area contributed by atoms with Crippen molar-refractivity contribution >= 4 is 0 Å². The Bertz CT molecular complexity index is 189. The third-order valence-corrected chi connectivity index (χ3v) is 3.36. The zero-order chi connectivity index (χ0) is 11.8. The second-order valence-electron chi connectivity index (χ2n) is 5.18. The lowest BCUT2D eigenvalue weighted by molar-refractivity contribution is 0.142. The molecule has 0 aromatic heterocycles. The van der Waals surface area contributed by atoms with Gasteiger partial charge in [-0.2, -0.15) is 0 Å². The summed E-state index contributed by atoms with van der Waals surface area (Å²) in [6, 6.07) is 1.37.